The van der Waals surface area contributed by atoms with Crippen LogP contribution in [0.3, 0.4) is 0 Å². The number of amides is 3. The van der Waals surface area contributed by atoms with Crippen molar-refractivity contribution in [3.63, 3.8) is 0 Å². The molecule has 0 saturated carbocycles. The van der Waals surface area contributed by atoms with Crippen molar-refractivity contribution < 1.29 is 9.59 Å². The van der Waals surface area contributed by atoms with Gasteiger partial charge in [-0.25, -0.2) is 9.48 Å². The van der Waals surface area contributed by atoms with Crippen LogP contribution in [0.5, 0.6) is 0 Å². The first-order chi connectivity index (χ1) is 14.9. The molecular weight excluding hydrogens is 404 g/mol. The molecule has 3 rings (SSSR count). The van der Waals surface area contributed by atoms with Crippen LogP contribution in [0.15, 0.2) is 18.2 Å². The summed E-state index contributed by atoms with van der Waals surface area (Å²) in [5.41, 5.74) is 3.60. The molecule has 1 aromatic heterocycles. The van der Waals surface area contributed by atoms with Gasteiger partial charge >= 0.3 is 6.03 Å². The molecule has 0 atom stereocenters. The Hall–Kier alpha value is -2.90. The van der Waals surface area contributed by atoms with E-state index in [-0.39, 0.29) is 23.0 Å². The minimum atomic E-state index is -0.301. The lowest BCUT2D eigenvalue weighted by Gasteiger charge is -2.33. The largest absolute Gasteiger partial charge is 0.346 e. The van der Waals surface area contributed by atoms with Crippen LogP contribution in [-0.4, -0.2) is 49.5 Å². The first kappa shape index (κ1) is 23.8. The lowest BCUT2D eigenvalue weighted by Crippen LogP contribution is -2.49. The molecule has 174 valence electrons. The van der Waals surface area contributed by atoms with Gasteiger partial charge in [0.25, 0.3) is 5.91 Å². The van der Waals surface area contributed by atoms with Crippen LogP contribution in [0.25, 0.3) is 5.69 Å². The Morgan fingerprint density at radius 2 is 1.84 bits per heavy atom. The van der Waals surface area contributed by atoms with Gasteiger partial charge in [0.2, 0.25) is 0 Å². The lowest BCUT2D eigenvalue weighted by molar-refractivity contribution is 0.0903. The molecule has 0 radical (unpaired) electrons. The second-order valence-corrected chi connectivity index (χ2v) is 10.3. The van der Waals surface area contributed by atoms with Crippen LogP contribution in [-0.2, 0) is 13.0 Å². The number of aromatic nitrogens is 3. The Kier molecular flexibility index (Phi) is 6.62. The lowest BCUT2D eigenvalue weighted by atomic mass is 9.97. The summed E-state index contributed by atoms with van der Waals surface area (Å²) in [7, 11) is 0. The number of rotatable bonds is 5. The Balaban J connectivity index is 1.84. The highest BCUT2D eigenvalue weighted by Crippen LogP contribution is 2.26. The summed E-state index contributed by atoms with van der Waals surface area (Å²) >= 11 is 0. The highest BCUT2D eigenvalue weighted by molar-refractivity contribution is 5.93. The standard InChI is InChI=1S/C24H36N6O2/c1-8-13-24(6,7)25-21(31)20-16(2)30(28-27-20)19-11-9-10-17-15-29(14-12-18(17)19)22(32)26-23(3,4)5/h9-11H,8,12-15H2,1-7H3,(H,25,31)(H,26,32). The van der Waals surface area contributed by atoms with Gasteiger partial charge in [-0.2, -0.15) is 0 Å². The minimum Gasteiger partial charge on any atom is -0.346 e. The molecule has 0 saturated heterocycles. The SMILES string of the molecule is CCCC(C)(C)NC(=O)c1nnn(-c2cccc3c2CCN(C(=O)NC(C)(C)C)C3)c1C. The van der Waals surface area contributed by atoms with E-state index in [1.807, 2.05) is 64.6 Å². The maximum Gasteiger partial charge on any atom is 0.318 e. The number of nitrogens with zero attached hydrogens (tertiary/aromatic N) is 4. The van der Waals surface area contributed by atoms with Crippen molar-refractivity contribution in [3.05, 3.63) is 40.7 Å². The molecule has 0 fully saturated rings. The predicted molar refractivity (Wildman–Crippen MR) is 125 cm³/mol. The summed E-state index contributed by atoms with van der Waals surface area (Å²) in [6, 6.07) is 5.94. The third kappa shape index (κ3) is 5.29. The molecule has 2 aromatic rings. The molecule has 1 aromatic carbocycles. The molecule has 0 bridgehead atoms. The maximum atomic E-state index is 12.8. The Labute approximate surface area is 190 Å². The molecule has 0 spiro atoms. The average Bonchev–Trinajstić information content (AvgIpc) is 3.06. The molecule has 8 heteroatoms. The number of nitrogens with one attached hydrogen (secondary N) is 2. The third-order valence-corrected chi connectivity index (χ3v) is 5.68. The van der Waals surface area contributed by atoms with Crippen LogP contribution < -0.4 is 10.6 Å². The fourth-order valence-corrected chi connectivity index (χ4v) is 4.18. The molecule has 2 N–H and O–H groups in total. The molecule has 3 amide bonds. The monoisotopic (exact) mass is 440 g/mol. The van der Waals surface area contributed by atoms with E-state index in [1.54, 1.807) is 4.68 Å². The van der Waals surface area contributed by atoms with Gasteiger partial charge in [0, 0.05) is 24.2 Å². The van der Waals surface area contributed by atoms with Gasteiger partial charge < -0.3 is 15.5 Å². The van der Waals surface area contributed by atoms with E-state index >= 15 is 0 Å². The smallest absolute Gasteiger partial charge is 0.318 e. The molecule has 2 heterocycles. The fraction of sp³-hybridized carbons (Fsp3) is 0.583. The van der Waals surface area contributed by atoms with Crippen LogP contribution in [0.2, 0.25) is 0 Å². The molecule has 0 aliphatic carbocycles. The molecule has 1 aliphatic heterocycles. The highest BCUT2D eigenvalue weighted by Gasteiger charge is 2.28. The fourth-order valence-electron chi connectivity index (χ4n) is 4.18. The Morgan fingerprint density at radius 1 is 1.12 bits per heavy atom. The number of hydrogen-bond donors (Lipinski definition) is 2. The summed E-state index contributed by atoms with van der Waals surface area (Å²) in [5.74, 6) is -0.206. The second-order valence-electron chi connectivity index (χ2n) is 10.3. The Morgan fingerprint density at radius 3 is 2.50 bits per heavy atom. The molecule has 8 nitrogen and oxygen atoms in total. The van der Waals surface area contributed by atoms with Crippen molar-refractivity contribution in [1.29, 1.82) is 0 Å². The van der Waals surface area contributed by atoms with Gasteiger partial charge in [0.1, 0.15) is 0 Å². The topological polar surface area (TPSA) is 92.2 Å². The summed E-state index contributed by atoms with van der Waals surface area (Å²) in [6.07, 6.45) is 2.59. The van der Waals surface area contributed by atoms with E-state index in [0.717, 1.165) is 29.7 Å². The first-order valence-electron chi connectivity index (χ1n) is 11.3. The predicted octanol–water partition coefficient (Wildman–Crippen LogP) is 3.75. The summed E-state index contributed by atoms with van der Waals surface area (Å²) in [6.45, 7) is 15.1. The second kappa shape index (κ2) is 8.92. The zero-order chi connectivity index (χ0) is 23.7. The number of urea groups is 1. The highest BCUT2D eigenvalue weighted by atomic mass is 16.2. The summed E-state index contributed by atoms with van der Waals surface area (Å²) in [5, 5.41) is 14.6. The van der Waals surface area contributed by atoms with Crippen LogP contribution in [0.1, 0.15) is 81.7 Å². The van der Waals surface area contributed by atoms with Crippen LogP contribution in [0.4, 0.5) is 4.79 Å². The van der Waals surface area contributed by atoms with Crippen molar-refractivity contribution in [2.75, 3.05) is 6.54 Å². The van der Waals surface area contributed by atoms with E-state index in [1.165, 1.54) is 0 Å². The van der Waals surface area contributed by atoms with Gasteiger partial charge in [-0.3, -0.25) is 4.79 Å². The van der Waals surface area contributed by atoms with Gasteiger partial charge in [-0.05, 0) is 71.6 Å². The van der Waals surface area contributed by atoms with Gasteiger partial charge in [-0.1, -0.05) is 30.7 Å². The van der Waals surface area contributed by atoms with Gasteiger partial charge in [0.05, 0.1) is 11.4 Å². The van der Waals surface area contributed by atoms with Crippen molar-refractivity contribution in [2.24, 2.45) is 0 Å². The van der Waals surface area contributed by atoms with E-state index in [4.69, 9.17) is 0 Å². The number of carbonyl (C=O) groups excluding carboxylic acids is 2. The van der Waals surface area contributed by atoms with Crippen LogP contribution in [0, 0.1) is 6.92 Å². The molecule has 1 aliphatic rings. The van der Waals surface area contributed by atoms with Crippen molar-refractivity contribution in [1.82, 2.24) is 30.5 Å². The Bertz CT molecular complexity index is 1000. The quantitative estimate of drug-likeness (QED) is 0.741. The third-order valence-electron chi connectivity index (χ3n) is 5.68. The van der Waals surface area contributed by atoms with Crippen molar-refractivity contribution in [2.45, 2.75) is 85.4 Å². The number of hydrogen-bond acceptors (Lipinski definition) is 4. The van der Waals surface area contributed by atoms with Crippen LogP contribution >= 0.6 is 0 Å². The zero-order valence-corrected chi connectivity index (χ0v) is 20.4. The van der Waals surface area contributed by atoms with E-state index in [2.05, 4.69) is 27.9 Å². The number of fused-ring (bicyclic) bond motifs is 1. The average molecular weight is 441 g/mol. The minimum absolute atomic E-state index is 0.0564. The summed E-state index contributed by atoms with van der Waals surface area (Å²) < 4.78 is 1.74. The first-order valence-corrected chi connectivity index (χ1v) is 11.3. The van der Waals surface area contributed by atoms with Gasteiger partial charge in [-0.15, -0.1) is 5.10 Å². The van der Waals surface area contributed by atoms with Crippen molar-refractivity contribution >= 4 is 11.9 Å². The number of carbonyl (C=O) groups is 2. The molecule has 32 heavy (non-hydrogen) atoms. The van der Waals surface area contributed by atoms with E-state index in [9.17, 15) is 9.59 Å². The van der Waals surface area contributed by atoms with E-state index < -0.39 is 0 Å². The zero-order valence-electron chi connectivity index (χ0n) is 20.4. The summed E-state index contributed by atoms with van der Waals surface area (Å²) in [4.78, 5) is 27.3. The van der Waals surface area contributed by atoms with Crippen molar-refractivity contribution in [3.8, 4) is 5.69 Å². The normalized spacial score (nSPS) is 14.2. The molecular formula is C24H36N6O2. The van der Waals surface area contributed by atoms with E-state index in [0.29, 0.717) is 30.9 Å². The molecule has 0 unspecified atom stereocenters. The maximum absolute atomic E-state index is 12.8. The van der Waals surface area contributed by atoms with Gasteiger partial charge in [0.15, 0.2) is 5.69 Å². The number of benzene rings is 1.